The number of nitrogens with zero attached hydrogens (tertiary/aromatic N) is 4. The molecule has 2 atom stereocenters. The first-order valence-electron chi connectivity index (χ1n) is 9.46. The lowest BCUT2D eigenvalue weighted by atomic mass is 9.69. The van der Waals surface area contributed by atoms with E-state index in [0.29, 0.717) is 5.92 Å². The van der Waals surface area contributed by atoms with E-state index in [1.807, 2.05) is 27.7 Å². The molecule has 0 bridgehead atoms. The average Bonchev–Trinajstić information content (AvgIpc) is 2.97. The molecule has 0 aliphatic carbocycles. The first kappa shape index (κ1) is 19.2. The highest BCUT2D eigenvalue weighted by molar-refractivity contribution is 5.81. The monoisotopic (exact) mass is 340 g/mol. The Hall–Kier alpha value is -2.10. The summed E-state index contributed by atoms with van der Waals surface area (Å²) < 4.78 is 0. The van der Waals surface area contributed by atoms with E-state index in [-0.39, 0.29) is 11.6 Å². The van der Waals surface area contributed by atoms with Crippen LogP contribution >= 0.6 is 0 Å². The molecule has 136 valence electrons. The second-order valence-electron chi connectivity index (χ2n) is 6.63. The van der Waals surface area contributed by atoms with E-state index in [1.54, 1.807) is 12.4 Å². The fourth-order valence-electron chi connectivity index (χ4n) is 3.83. The van der Waals surface area contributed by atoms with Crippen molar-refractivity contribution in [3.63, 3.8) is 0 Å². The zero-order chi connectivity index (χ0) is 18.8. The van der Waals surface area contributed by atoms with Crippen LogP contribution in [0.25, 0.3) is 0 Å². The summed E-state index contributed by atoms with van der Waals surface area (Å²) in [6.45, 7) is 15.0. The highest BCUT2D eigenvalue weighted by Gasteiger charge is 2.50. The van der Waals surface area contributed by atoms with Gasteiger partial charge in [-0.3, -0.25) is 0 Å². The second-order valence-corrected chi connectivity index (χ2v) is 6.63. The average molecular weight is 341 g/mol. The zero-order valence-electron chi connectivity index (χ0n) is 16.9. The van der Waals surface area contributed by atoms with Crippen LogP contribution in [0, 0.1) is 5.92 Å². The highest BCUT2D eigenvalue weighted by Crippen LogP contribution is 2.53. The molecular formula is C21H32N4. The van der Waals surface area contributed by atoms with Gasteiger partial charge in [0.2, 0.25) is 0 Å². The molecule has 2 aromatic rings. The molecule has 0 spiro atoms. The van der Waals surface area contributed by atoms with Crippen molar-refractivity contribution in [3.05, 3.63) is 42.2 Å². The summed E-state index contributed by atoms with van der Waals surface area (Å²) in [5.41, 5.74) is 2.77. The molecule has 0 radical (unpaired) electrons. The second kappa shape index (κ2) is 7.42. The molecule has 2 unspecified atom stereocenters. The van der Waals surface area contributed by atoms with Gasteiger partial charge in [0.25, 0.3) is 0 Å². The molecule has 2 aliphatic rings. The minimum atomic E-state index is 0.119. The van der Waals surface area contributed by atoms with Gasteiger partial charge in [-0.2, -0.15) is 0 Å². The normalized spacial score (nSPS) is 21.8. The van der Waals surface area contributed by atoms with Crippen LogP contribution in [0.15, 0.2) is 36.7 Å². The summed E-state index contributed by atoms with van der Waals surface area (Å²) in [5.74, 6) is 2.41. The maximum atomic E-state index is 4.60. The van der Waals surface area contributed by atoms with Gasteiger partial charge in [0.05, 0.1) is 0 Å². The number of rotatable bonds is 0. The van der Waals surface area contributed by atoms with E-state index in [2.05, 4.69) is 71.9 Å². The van der Waals surface area contributed by atoms with Crippen molar-refractivity contribution in [2.75, 3.05) is 16.8 Å². The standard InChI is InChI=1S/C17H20N4.2C2H6/c1-11-16-20(4)14-15(19-10-9-18-14)21(16)13-8-6-5-7-12(13)17(11,2)3;2*1-2/h5-11,16H,1-4H3;2*1-2H3. The summed E-state index contributed by atoms with van der Waals surface area (Å²) in [6, 6.07) is 8.69. The molecule has 1 aromatic heterocycles. The van der Waals surface area contributed by atoms with Gasteiger partial charge >= 0.3 is 0 Å². The largest absolute Gasteiger partial charge is 0.335 e. The summed E-state index contributed by atoms with van der Waals surface area (Å²) in [7, 11) is 2.12. The molecule has 4 heteroatoms. The van der Waals surface area contributed by atoms with E-state index >= 15 is 0 Å². The van der Waals surface area contributed by atoms with Crippen molar-refractivity contribution in [1.29, 1.82) is 0 Å². The lowest BCUT2D eigenvalue weighted by molar-refractivity contribution is 0.275. The number of anilines is 3. The molecule has 0 fully saturated rings. The Bertz CT molecular complexity index is 711. The Balaban J connectivity index is 0.000000528. The van der Waals surface area contributed by atoms with Crippen LogP contribution in [-0.2, 0) is 5.41 Å². The van der Waals surface area contributed by atoms with Gasteiger partial charge in [-0.1, -0.05) is 66.7 Å². The van der Waals surface area contributed by atoms with E-state index in [9.17, 15) is 0 Å². The van der Waals surface area contributed by atoms with Gasteiger partial charge in [-0.25, -0.2) is 9.97 Å². The minimum Gasteiger partial charge on any atom is -0.335 e. The van der Waals surface area contributed by atoms with Gasteiger partial charge in [-0.15, -0.1) is 0 Å². The van der Waals surface area contributed by atoms with Crippen molar-refractivity contribution in [3.8, 4) is 0 Å². The highest BCUT2D eigenvalue weighted by atomic mass is 15.5. The zero-order valence-corrected chi connectivity index (χ0v) is 16.9. The van der Waals surface area contributed by atoms with Crippen LogP contribution in [0.5, 0.6) is 0 Å². The summed E-state index contributed by atoms with van der Waals surface area (Å²) in [4.78, 5) is 13.8. The quantitative estimate of drug-likeness (QED) is 0.645. The molecular weight excluding hydrogens is 308 g/mol. The molecule has 0 saturated heterocycles. The number of hydrogen-bond acceptors (Lipinski definition) is 4. The maximum absolute atomic E-state index is 4.60. The molecule has 25 heavy (non-hydrogen) atoms. The molecule has 0 saturated carbocycles. The molecule has 4 rings (SSSR count). The van der Waals surface area contributed by atoms with Crippen LogP contribution in [0.1, 0.15) is 54.0 Å². The van der Waals surface area contributed by atoms with Crippen molar-refractivity contribution >= 4 is 17.3 Å². The maximum Gasteiger partial charge on any atom is 0.178 e. The first-order chi connectivity index (χ1) is 12.0. The van der Waals surface area contributed by atoms with Gasteiger partial charge in [-0.05, 0) is 17.0 Å². The fraction of sp³-hybridized carbons (Fsp3) is 0.524. The van der Waals surface area contributed by atoms with E-state index in [0.717, 1.165) is 11.6 Å². The van der Waals surface area contributed by atoms with Gasteiger partial charge in [0.1, 0.15) is 6.17 Å². The lowest BCUT2D eigenvalue weighted by Gasteiger charge is -2.48. The molecule has 2 aliphatic heterocycles. The third kappa shape index (κ3) is 2.78. The van der Waals surface area contributed by atoms with Crippen molar-refractivity contribution in [1.82, 2.24) is 9.97 Å². The van der Waals surface area contributed by atoms with Crippen LogP contribution < -0.4 is 9.80 Å². The first-order valence-corrected chi connectivity index (χ1v) is 9.46. The molecule has 0 amide bonds. The third-order valence-corrected chi connectivity index (χ3v) is 5.33. The van der Waals surface area contributed by atoms with Crippen LogP contribution in [-0.4, -0.2) is 23.2 Å². The minimum absolute atomic E-state index is 0.119. The Labute approximate surface area is 152 Å². The number of para-hydroxylation sites is 1. The smallest absolute Gasteiger partial charge is 0.178 e. The van der Waals surface area contributed by atoms with Crippen molar-refractivity contribution in [2.24, 2.45) is 5.92 Å². The van der Waals surface area contributed by atoms with Gasteiger partial charge in [0.15, 0.2) is 11.6 Å². The van der Waals surface area contributed by atoms with E-state index < -0.39 is 0 Å². The number of aromatic nitrogens is 2. The number of fused-ring (bicyclic) bond motifs is 5. The van der Waals surface area contributed by atoms with Gasteiger partial charge < -0.3 is 9.80 Å². The molecule has 1 aromatic carbocycles. The molecule has 4 nitrogen and oxygen atoms in total. The third-order valence-electron chi connectivity index (χ3n) is 5.33. The molecule has 0 N–H and O–H groups in total. The predicted molar refractivity (Wildman–Crippen MR) is 108 cm³/mol. The van der Waals surface area contributed by atoms with Crippen LogP contribution in [0.3, 0.4) is 0 Å². The number of hydrogen-bond donors (Lipinski definition) is 0. The lowest BCUT2D eigenvalue weighted by Crippen LogP contribution is -2.53. The Morgan fingerprint density at radius 1 is 0.920 bits per heavy atom. The van der Waals surface area contributed by atoms with Crippen molar-refractivity contribution < 1.29 is 0 Å². The topological polar surface area (TPSA) is 32.3 Å². The van der Waals surface area contributed by atoms with E-state index in [1.165, 1.54) is 11.3 Å². The fourth-order valence-corrected chi connectivity index (χ4v) is 3.83. The Morgan fingerprint density at radius 2 is 1.48 bits per heavy atom. The Kier molecular flexibility index (Phi) is 5.71. The SMILES string of the molecule is CC.CC.CC1C2N(C)c3nccnc3N2c2ccccc2C1(C)C. The van der Waals surface area contributed by atoms with Crippen LogP contribution in [0.4, 0.5) is 17.3 Å². The summed E-state index contributed by atoms with van der Waals surface area (Å²) in [5, 5.41) is 0. The number of benzene rings is 1. The predicted octanol–water partition coefficient (Wildman–Crippen LogP) is 5.37. The van der Waals surface area contributed by atoms with Gasteiger partial charge in [0, 0.05) is 31.0 Å². The van der Waals surface area contributed by atoms with E-state index in [4.69, 9.17) is 0 Å². The van der Waals surface area contributed by atoms with Crippen molar-refractivity contribution in [2.45, 2.75) is 60.0 Å². The van der Waals surface area contributed by atoms with Crippen LogP contribution in [0.2, 0.25) is 0 Å². The summed E-state index contributed by atoms with van der Waals surface area (Å²) >= 11 is 0. The summed E-state index contributed by atoms with van der Waals surface area (Å²) in [6.07, 6.45) is 3.82. The molecule has 3 heterocycles. The Morgan fingerprint density at radius 3 is 2.12 bits per heavy atom.